The highest BCUT2D eigenvalue weighted by Gasteiger charge is 2.69. The summed E-state index contributed by atoms with van der Waals surface area (Å²) in [5.41, 5.74) is 3.88. The van der Waals surface area contributed by atoms with Gasteiger partial charge in [0.1, 0.15) is 12.4 Å². The number of anilines is 1. The van der Waals surface area contributed by atoms with Crippen LogP contribution in [0, 0.1) is 36.5 Å². The number of carbonyl (C=O) groups is 2. The molecule has 5 unspecified atom stereocenters. The molecule has 1 saturated heterocycles. The van der Waals surface area contributed by atoms with Crippen molar-refractivity contribution in [3.05, 3.63) is 110 Å². The van der Waals surface area contributed by atoms with Gasteiger partial charge in [-0.05, 0) is 54.9 Å². The van der Waals surface area contributed by atoms with Crippen molar-refractivity contribution in [1.82, 2.24) is 4.98 Å². The van der Waals surface area contributed by atoms with Crippen LogP contribution in [0.5, 0.6) is 5.75 Å². The van der Waals surface area contributed by atoms with Crippen molar-refractivity contribution < 1.29 is 14.3 Å². The third-order valence-electron chi connectivity index (χ3n) is 9.51. The fourth-order valence-corrected chi connectivity index (χ4v) is 10.8. The number of para-hydroxylation sites is 1. The second kappa shape index (κ2) is 9.46. The molecule has 2 aliphatic carbocycles. The van der Waals surface area contributed by atoms with Crippen LogP contribution in [0.1, 0.15) is 33.9 Å². The van der Waals surface area contributed by atoms with Crippen LogP contribution in [0.3, 0.4) is 0 Å². The molecule has 4 aliphatic rings. The number of hydrogen-bond acceptors (Lipinski definition) is 6. The number of H-pyrrole nitrogens is 1. The van der Waals surface area contributed by atoms with Crippen molar-refractivity contribution in [3.63, 3.8) is 0 Å². The Hall–Kier alpha value is -3.62. The molecule has 0 spiro atoms. The first-order valence-corrected chi connectivity index (χ1v) is 15.8. The fraction of sp³-hybridized carbons (Fsp3) is 0.303. The molecule has 206 valence electrons. The van der Waals surface area contributed by atoms with Gasteiger partial charge in [0.2, 0.25) is 11.8 Å². The van der Waals surface area contributed by atoms with E-state index in [9.17, 15) is 14.4 Å². The van der Waals surface area contributed by atoms with E-state index in [-0.39, 0.29) is 57.4 Å². The number of aromatic amines is 1. The number of benzene rings is 3. The first-order chi connectivity index (χ1) is 20.0. The molecule has 2 bridgehead atoms. The number of hydrogen-bond donors (Lipinski definition) is 1. The number of fused-ring (bicyclic) bond motifs is 9. The van der Waals surface area contributed by atoms with Crippen LogP contribution < -0.4 is 14.5 Å². The smallest absolute Gasteiger partial charge is 0.305 e. The fourth-order valence-electron chi connectivity index (χ4n) is 7.92. The molecular formula is C33H28N2O4S2. The van der Waals surface area contributed by atoms with Gasteiger partial charge < -0.3 is 9.72 Å². The molecule has 6 nitrogen and oxygen atoms in total. The van der Waals surface area contributed by atoms with Crippen molar-refractivity contribution in [1.29, 1.82) is 0 Å². The van der Waals surface area contributed by atoms with E-state index in [0.717, 1.165) is 38.8 Å². The zero-order valence-corrected chi connectivity index (χ0v) is 24.0. The molecule has 8 rings (SSSR count). The molecule has 3 heterocycles. The van der Waals surface area contributed by atoms with Crippen LogP contribution in [0.4, 0.5) is 5.69 Å². The van der Waals surface area contributed by atoms with Crippen LogP contribution in [0.25, 0.3) is 0 Å². The highest BCUT2D eigenvalue weighted by Crippen LogP contribution is 2.69. The van der Waals surface area contributed by atoms with E-state index >= 15 is 0 Å². The molecule has 0 radical (unpaired) electrons. The van der Waals surface area contributed by atoms with Crippen molar-refractivity contribution in [2.45, 2.75) is 36.1 Å². The molecule has 2 aliphatic heterocycles. The number of amides is 2. The lowest BCUT2D eigenvalue weighted by molar-refractivity contribution is -0.123. The summed E-state index contributed by atoms with van der Waals surface area (Å²) >= 11 is 2.98. The van der Waals surface area contributed by atoms with Gasteiger partial charge in [-0.15, -0.1) is 11.8 Å². The summed E-state index contributed by atoms with van der Waals surface area (Å²) < 4.78 is 6.42. The van der Waals surface area contributed by atoms with E-state index in [0.29, 0.717) is 12.3 Å². The summed E-state index contributed by atoms with van der Waals surface area (Å²) in [5.74, 6) is 0.222. The SMILES string of the molecule is Cc1ccc(N2C(=O)C3C(C2=O)[C@@H]2C[C@H]3C3Sc4[nH]c(=O)sc4C(c4ccccc4OCc4ccccc4)C32)cc1. The predicted molar refractivity (Wildman–Crippen MR) is 159 cm³/mol. The zero-order valence-electron chi connectivity index (χ0n) is 22.4. The maximum absolute atomic E-state index is 14.0. The Kier molecular flexibility index (Phi) is 5.80. The van der Waals surface area contributed by atoms with Gasteiger partial charge in [-0.3, -0.25) is 19.3 Å². The normalized spacial score (nSPS) is 29.4. The molecule has 2 saturated carbocycles. The minimum atomic E-state index is -0.326. The largest absolute Gasteiger partial charge is 0.489 e. The maximum Gasteiger partial charge on any atom is 0.305 e. The minimum absolute atomic E-state index is 0.0620. The highest BCUT2D eigenvalue weighted by molar-refractivity contribution is 8.00. The number of nitrogens with one attached hydrogen (secondary N) is 1. The summed E-state index contributed by atoms with van der Waals surface area (Å²) in [6, 6.07) is 25.9. The Morgan fingerprint density at radius 1 is 0.878 bits per heavy atom. The quantitative estimate of drug-likeness (QED) is 0.293. The van der Waals surface area contributed by atoms with E-state index in [1.54, 1.807) is 11.8 Å². The standard InChI is InChI=1S/C33H28N2O4S2/c1-17-11-13-19(14-12-17)35-31(36)26-21-15-22(27(26)32(35)37)28-25(21)24(29-30(40-28)34-33(38)41-29)20-9-5-6-10-23(20)39-16-18-7-3-2-4-8-18/h2-14,21-22,24-28H,15-16H2,1H3,(H,34,38)/t21-,22-,24?,25?,26?,27?,28?/m1/s1. The molecule has 7 atom stereocenters. The Balaban J connectivity index is 1.19. The average Bonchev–Trinajstić information content (AvgIpc) is 3.72. The lowest BCUT2D eigenvalue weighted by atomic mass is 9.68. The van der Waals surface area contributed by atoms with Gasteiger partial charge in [-0.1, -0.05) is 77.6 Å². The van der Waals surface area contributed by atoms with Gasteiger partial charge in [-0.2, -0.15) is 0 Å². The first-order valence-electron chi connectivity index (χ1n) is 14.1. The number of carbonyl (C=O) groups excluding carboxylic acids is 2. The topological polar surface area (TPSA) is 79.5 Å². The zero-order chi connectivity index (χ0) is 27.8. The number of aromatic nitrogens is 1. The van der Waals surface area contributed by atoms with Gasteiger partial charge in [0.25, 0.3) is 0 Å². The minimum Gasteiger partial charge on any atom is -0.489 e. The molecular weight excluding hydrogens is 553 g/mol. The summed E-state index contributed by atoms with van der Waals surface area (Å²) in [6.45, 7) is 2.44. The highest BCUT2D eigenvalue weighted by atomic mass is 32.2. The Labute approximate surface area is 245 Å². The number of nitrogens with zero attached hydrogens (tertiary/aromatic N) is 1. The van der Waals surface area contributed by atoms with Crippen molar-refractivity contribution in [2.75, 3.05) is 4.90 Å². The van der Waals surface area contributed by atoms with E-state index in [4.69, 9.17) is 4.74 Å². The van der Waals surface area contributed by atoms with E-state index in [2.05, 4.69) is 11.1 Å². The van der Waals surface area contributed by atoms with Gasteiger partial charge >= 0.3 is 4.87 Å². The van der Waals surface area contributed by atoms with Crippen LogP contribution in [0.2, 0.25) is 0 Å². The number of aryl methyl sites for hydroxylation is 1. The number of thioether (sulfide) groups is 1. The summed E-state index contributed by atoms with van der Waals surface area (Å²) in [4.78, 5) is 46.0. The predicted octanol–water partition coefficient (Wildman–Crippen LogP) is 6.00. The molecule has 8 heteroatoms. The third-order valence-corrected chi connectivity index (χ3v) is 12.1. The van der Waals surface area contributed by atoms with Crippen molar-refractivity contribution in [2.24, 2.45) is 29.6 Å². The van der Waals surface area contributed by atoms with E-state index < -0.39 is 0 Å². The van der Waals surface area contributed by atoms with Gasteiger partial charge in [0.05, 0.1) is 22.5 Å². The summed E-state index contributed by atoms with van der Waals surface area (Å²) in [7, 11) is 0. The molecule has 1 N–H and O–H groups in total. The average molecular weight is 581 g/mol. The molecule has 3 fully saturated rings. The lowest BCUT2D eigenvalue weighted by Crippen LogP contribution is -2.42. The summed E-state index contributed by atoms with van der Waals surface area (Å²) in [5, 5.41) is 1.04. The first kappa shape index (κ1) is 25.1. The number of thiazole rings is 1. The van der Waals surface area contributed by atoms with Crippen molar-refractivity contribution >= 4 is 40.6 Å². The van der Waals surface area contributed by atoms with E-state index in [1.165, 1.54) is 16.2 Å². The molecule has 2 amide bonds. The number of ether oxygens (including phenoxy) is 1. The van der Waals surface area contributed by atoms with Crippen LogP contribution in [0.15, 0.2) is 88.7 Å². The van der Waals surface area contributed by atoms with Crippen molar-refractivity contribution in [3.8, 4) is 5.75 Å². The number of imide groups is 1. The van der Waals surface area contributed by atoms with Gasteiger partial charge in [0.15, 0.2) is 0 Å². The Morgan fingerprint density at radius 2 is 1.59 bits per heavy atom. The molecule has 1 aromatic heterocycles. The van der Waals surface area contributed by atoms with Gasteiger partial charge in [-0.25, -0.2) is 0 Å². The van der Waals surface area contributed by atoms with Gasteiger partial charge in [0, 0.05) is 21.6 Å². The number of rotatable bonds is 5. The lowest BCUT2D eigenvalue weighted by Gasteiger charge is -2.43. The maximum atomic E-state index is 14.0. The Morgan fingerprint density at radius 3 is 2.37 bits per heavy atom. The molecule has 3 aromatic carbocycles. The molecule has 4 aromatic rings. The van der Waals surface area contributed by atoms with Crippen LogP contribution in [-0.4, -0.2) is 22.0 Å². The van der Waals surface area contributed by atoms with Crippen LogP contribution >= 0.6 is 23.1 Å². The molecule has 41 heavy (non-hydrogen) atoms. The van der Waals surface area contributed by atoms with Crippen LogP contribution in [-0.2, 0) is 16.2 Å². The Bertz CT molecular complexity index is 1730. The monoisotopic (exact) mass is 580 g/mol. The summed E-state index contributed by atoms with van der Waals surface area (Å²) in [6.07, 6.45) is 0.861. The second-order valence-electron chi connectivity index (χ2n) is 11.6. The third kappa shape index (κ3) is 3.80. The van der Waals surface area contributed by atoms with E-state index in [1.807, 2.05) is 79.7 Å². The second-order valence-corrected chi connectivity index (χ2v) is 13.8.